The lowest BCUT2D eigenvalue weighted by Gasteiger charge is -2.13. The first-order valence-electron chi connectivity index (χ1n) is 6.84. The van der Waals surface area contributed by atoms with Gasteiger partial charge < -0.3 is 9.47 Å². The van der Waals surface area contributed by atoms with Crippen molar-refractivity contribution in [2.45, 2.75) is 25.7 Å². The number of halogens is 1. The van der Waals surface area contributed by atoms with Gasteiger partial charge in [-0.15, -0.1) is 0 Å². The minimum Gasteiger partial charge on any atom is -0.494 e. The Labute approximate surface area is 118 Å². The second-order valence-electron chi connectivity index (χ2n) is 4.87. The molecule has 0 aromatic heterocycles. The van der Waals surface area contributed by atoms with Crippen LogP contribution in [-0.4, -0.2) is 19.7 Å². The van der Waals surface area contributed by atoms with E-state index in [4.69, 9.17) is 4.74 Å². The second kappa shape index (κ2) is 6.55. The number of ether oxygens (including phenoxy) is 2. The summed E-state index contributed by atoms with van der Waals surface area (Å²) < 4.78 is 23.5. The molecule has 1 unspecified atom stereocenters. The number of carbonyl (C=O) groups is 1. The summed E-state index contributed by atoms with van der Waals surface area (Å²) in [5, 5.41) is 0. The van der Waals surface area contributed by atoms with E-state index in [2.05, 4.69) is 4.74 Å². The van der Waals surface area contributed by atoms with Gasteiger partial charge in [0.15, 0.2) is 0 Å². The van der Waals surface area contributed by atoms with Crippen molar-refractivity contribution < 1.29 is 18.7 Å². The Kier molecular flexibility index (Phi) is 4.77. The number of esters is 1. The standard InChI is InChI=1S/C16H19FO3/c1-3-20-13-8-6-12(7-9-13)14(11-4-5-11)10-15(17)16(18)19-2/h6-11,14H,3-5H2,1-2H3/b15-10-. The van der Waals surface area contributed by atoms with Crippen molar-refractivity contribution >= 4 is 5.97 Å². The summed E-state index contributed by atoms with van der Waals surface area (Å²) in [7, 11) is 1.18. The second-order valence-corrected chi connectivity index (χ2v) is 4.87. The zero-order valence-corrected chi connectivity index (χ0v) is 11.8. The molecule has 1 aromatic rings. The zero-order valence-electron chi connectivity index (χ0n) is 11.8. The van der Waals surface area contributed by atoms with Crippen LogP contribution in [0.25, 0.3) is 0 Å². The Hall–Kier alpha value is -1.84. The van der Waals surface area contributed by atoms with Crippen LogP contribution in [0, 0.1) is 5.92 Å². The first-order valence-corrected chi connectivity index (χ1v) is 6.84. The third-order valence-electron chi connectivity index (χ3n) is 3.41. The summed E-state index contributed by atoms with van der Waals surface area (Å²) >= 11 is 0. The molecule has 1 aliphatic carbocycles. The Balaban J connectivity index is 2.18. The summed E-state index contributed by atoms with van der Waals surface area (Å²) in [6.07, 6.45) is 3.49. The highest BCUT2D eigenvalue weighted by atomic mass is 19.1. The molecule has 3 nitrogen and oxygen atoms in total. The summed E-state index contributed by atoms with van der Waals surface area (Å²) in [6, 6.07) is 7.60. The van der Waals surface area contributed by atoms with Crippen LogP contribution in [0.5, 0.6) is 5.75 Å². The lowest BCUT2D eigenvalue weighted by Crippen LogP contribution is -2.05. The van der Waals surface area contributed by atoms with Gasteiger partial charge in [0.05, 0.1) is 13.7 Å². The molecule has 4 heteroatoms. The van der Waals surface area contributed by atoms with Gasteiger partial charge in [-0.3, -0.25) is 0 Å². The van der Waals surface area contributed by atoms with E-state index in [9.17, 15) is 9.18 Å². The van der Waals surface area contributed by atoms with Gasteiger partial charge in [-0.05, 0) is 49.5 Å². The highest BCUT2D eigenvalue weighted by Crippen LogP contribution is 2.44. The Morgan fingerprint density at radius 2 is 2.05 bits per heavy atom. The van der Waals surface area contributed by atoms with Crippen LogP contribution in [0.2, 0.25) is 0 Å². The largest absolute Gasteiger partial charge is 0.494 e. The molecule has 0 radical (unpaired) electrons. The summed E-state index contributed by atoms with van der Waals surface area (Å²) in [5.41, 5.74) is 0.995. The maximum Gasteiger partial charge on any atom is 0.366 e. The molecule has 1 saturated carbocycles. The monoisotopic (exact) mass is 278 g/mol. The quantitative estimate of drug-likeness (QED) is 0.589. The predicted molar refractivity (Wildman–Crippen MR) is 74.3 cm³/mol. The molecule has 0 bridgehead atoms. The van der Waals surface area contributed by atoms with Gasteiger partial charge in [0, 0.05) is 5.92 Å². The Bertz CT molecular complexity index is 489. The smallest absolute Gasteiger partial charge is 0.366 e. The van der Waals surface area contributed by atoms with Crippen LogP contribution >= 0.6 is 0 Å². The molecule has 0 spiro atoms. The fourth-order valence-corrected chi connectivity index (χ4v) is 2.24. The third-order valence-corrected chi connectivity index (χ3v) is 3.41. The maximum atomic E-state index is 13.7. The van der Waals surface area contributed by atoms with Crippen molar-refractivity contribution in [1.82, 2.24) is 0 Å². The average Bonchev–Trinajstić information content (AvgIpc) is 3.29. The molecule has 1 atom stereocenters. The van der Waals surface area contributed by atoms with Gasteiger partial charge in [0.2, 0.25) is 5.83 Å². The normalized spacial score (nSPS) is 16.6. The minimum absolute atomic E-state index is 0.0789. The molecular weight excluding hydrogens is 259 g/mol. The molecule has 0 aliphatic heterocycles. The molecular formula is C16H19FO3. The number of benzene rings is 1. The highest BCUT2D eigenvalue weighted by Gasteiger charge is 2.32. The zero-order chi connectivity index (χ0) is 14.5. The van der Waals surface area contributed by atoms with E-state index in [0.29, 0.717) is 12.5 Å². The summed E-state index contributed by atoms with van der Waals surface area (Å²) in [4.78, 5) is 11.2. The number of allylic oxidation sites excluding steroid dienone is 1. The van der Waals surface area contributed by atoms with E-state index in [1.807, 2.05) is 31.2 Å². The first kappa shape index (κ1) is 14.6. The SMILES string of the molecule is CCOc1ccc(C(/C=C(\F)C(=O)OC)C2CC2)cc1. The molecule has 1 fully saturated rings. The van der Waals surface area contributed by atoms with Crippen LogP contribution in [-0.2, 0) is 9.53 Å². The minimum atomic E-state index is -0.915. The topological polar surface area (TPSA) is 35.5 Å². The molecule has 1 aliphatic rings. The molecule has 0 N–H and O–H groups in total. The van der Waals surface area contributed by atoms with E-state index in [-0.39, 0.29) is 5.92 Å². The van der Waals surface area contributed by atoms with E-state index in [1.165, 1.54) is 13.2 Å². The van der Waals surface area contributed by atoms with E-state index in [0.717, 1.165) is 24.2 Å². The van der Waals surface area contributed by atoms with E-state index < -0.39 is 11.8 Å². The number of carbonyl (C=O) groups excluding carboxylic acids is 1. The lowest BCUT2D eigenvalue weighted by atomic mass is 9.93. The predicted octanol–water partition coefficient (Wildman–Crippen LogP) is 3.61. The first-order chi connectivity index (χ1) is 9.65. The average molecular weight is 278 g/mol. The van der Waals surface area contributed by atoms with Crippen LogP contribution in [0.3, 0.4) is 0 Å². The number of hydrogen-bond donors (Lipinski definition) is 0. The van der Waals surface area contributed by atoms with Gasteiger partial charge in [-0.1, -0.05) is 12.1 Å². The van der Waals surface area contributed by atoms with Gasteiger partial charge >= 0.3 is 5.97 Å². The van der Waals surface area contributed by atoms with Crippen molar-refractivity contribution in [2.24, 2.45) is 5.92 Å². The van der Waals surface area contributed by atoms with Gasteiger partial charge in [-0.2, -0.15) is 4.39 Å². The molecule has 2 rings (SSSR count). The van der Waals surface area contributed by atoms with Crippen LogP contribution < -0.4 is 4.74 Å². The van der Waals surface area contributed by atoms with Crippen molar-refractivity contribution in [3.8, 4) is 5.75 Å². The molecule has 20 heavy (non-hydrogen) atoms. The number of methoxy groups -OCH3 is 1. The van der Waals surface area contributed by atoms with Crippen molar-refractivity contribution in [3.63, 3.8) is 0 Å². The fourth-order valence-electron chi connectivity index (χ4n) is 2.24. The van der Waals surface area contributed by atoms with E-state index >= 15 is 0 Å². The van der Waals surface area contributed by atoms with E-state index in [1.54, 1.807) is 0 Å². The fraction of sp³-hybridized carbons (Fsp3) is 0.438. The molecule has 0 amide bonds. The van der Waals surface area contributed by atoms with Crippen molar-refractivity contribution in [1.29, 1.82) is 0 Å². The maximum absolute atomic E-state index is 13.7. The molecule has 108 valence electrons. The van der Waals surface area contributed by atoms with Crippen LogP contribution in [0.15, 0.2) is 36.2 Å². The van der Waals surface area contributed by atoms with Gasteiger partial charge in [-0.25, -0.2) is 4.79 Å². The third kappa shape index (κ3) is 3.59. The van der Waals surface area contributed by atoms with Crippen molar-refractivity contribution in [3.05, 3.63) is 41.7 Å². The number of rotatable bonds is 6. The molecule has 1 aromatic carbocycles. The summed E-state index contributed by atoms with van der Waals surface area (Å²) in [6.45, 7) is 2.54. The Morgan fingerprint density at radius 3 is 2.55 bits per heavy atom. The lowest BCUT2D eigenvalue weighted by molar-refractivity contribution is -0.137. The van der Waals surface area contributed by atoms with Gasteiger partial charge in [0.1, 0.15) is 5.75 Å². The van der Waals surface area contributed by atoms with Gasteiger partial charge in [0.25, 0.3) is 0 Å². The molecule has 0 heterocycles. The molecule has 0 saturated heterocycles. The Morgan fingerprint density at radius 1 is 1.40 bits per heavy atom. The van der Waals surface area contributed by atoms with Crippen molar-refractivity contribution in [2.75, 3.05) is 13.7 Å². The van der Waals surface area contributed by atoms with Crippen LogP contribution in [0.4, 0.5) is 4.39 Å². The van der Waals surface area contributed by atoms with Crippen LogP contribution in [0.1, 0.15) is 31.2 Å². The highest BCUT2D eigenvalue weighted by molar-refractivity contribution is 5.86. The number of hydrogen-bond acceptors (Lipinski definition) is 3. The summed E-state index contributed by atoms with van der Waals surface area (Å²) in [5.74, 6) is -0.615.